The molecule has 1 aliphatic heterocycles. The fraction of sp³-hybridized carbons (Fsp3) is 0.923. The summed E-state index contributed by atoms with van der Waals surface area (Å²) in [6.45, 7) is 0.935. The summed E-state index contributed by atoms with van der Waals surface area (Å²) in [5, 5.41) is -0.120. The standard InChI is InChI=1S/C13H19ClF3NO/c14-9-4-3-7-18(8-9)12(19)10-5-1-2-6-11(10)13(15,16)17/h9-11H,1-8H2. The van der Waals surface area contributed by atoms with E-state index >= 15 is 0 Å². The van der Waals surface area contributed by atoms with Crippen LogP contribution in [-0.2, 0) is 4.79 Å². The minimum absolute atomic E-state index is 0.0814. The van der Waals surface area contributed by atoms with Gasteiger partial charge in [-0.3, -0.25) is 4.79 Å². The van der Waals surface area contributed by atoms with Crippen molar-refractivity contribution in [3.05, 3.63) is 0 Å². The zero-order chi connectivity index (χ0) is 14.0. The number of rotatable bonds is 1. The van der Waals surface area contributed by atoms with Crippen LogP contribution in [0.15, 0.2) is 0 Å². The van der Waals surface area contributed by atoms with Gasteiger partial charge >= 0.3 is 6.18 Å². The van der Waals surface area contributed by atoms with Gasteiger partial charge in [0.25, 0.3) is 0 Å². The Bertz CT molecular complexity index is 334. The number of piperidine rings is 1. The van der Waals surface area contributed by atoms with Gasteiger partial charge in [0.15, 0.2) is 0 Å². The lowest BCUT2D eigenvalue weighted by Crippen LogP contribution is -2.48. The molecule has 3 atom stereocenters. The number of hydrogen-bond donors (Lipinski definition) is 0. The monoisotopic (exact) mass is 297 g/mol. The molecule has 0 aromatic heterocycles. The zero-order valence-corrected chi connectivity index (χ0v) is 11.5. The molecule has 3 unspecified atom stereocenters. The maximum atomic E-state index is 13.0. The summed E-state index contributed by atoms with van der Waals surface area (Å²) in [6, 6.07) is 0. The molecule has 1 saturated heterocycles. The van der Waals surface area contributed by atoms with Crippen LogP contribution in [0.2, 0.25) is 0 Å². The van der Waals surface area contributed by atoms with Crippen LogP contribution in [0.3, 0.4) is 0 Å². The number of alkyl halides is 4. The van der Waals surface area contributed by atoms with Crippen molar-refractivity contribution >= 4 is 17.5 Å². The molecule has 2 fully saturated rings. The third-order valence-corrected chi connectivity index (χ3v) is 4.54. The SMILES string of the molecule is O=C(C1CCCCC1C(F)(F)F)N1CCCC(Cl)C1. The van der Waals surface area contributed by atoms with E-state index in [0.717, 1.165) is 12.8 Å². The largest absolute Gasteiger partial charge is 0.392 e. The fourth-order valence-electron chi connectivity index (χ4n) is 3.18. The average Bonchev–Trinajstić information content (AvgIpc) is 2.37. The highest BCUT2D eigenvalue weighted by atomic mass is 35.5. The molecule has 19 heavy (non-hydrogen) atoms. The van der Waals surface area contributed by atoms with Crippen LogP contribution in [-0.4, -0.2) is 35.4 Å². The average molecular weight is 298 g/mol. The molecule has 0 radical (unpaired) electrons. The topological polar surface area (TPSA) is 20.3 Å². The Morgan fingerprint density at radius 1 is 1.11 bits per heavy atom. The van der Waals surface area contributed by atoms with Gasteiger partial charge in [0, 0.05) is 19.0 Å². The molecule has 1 saturated carbocycles. The highest BCUT2D eigenvalue weighted by Gasteiger charge is 2.49. The molecule has 0 aromatic rings. The van der Waals surface area contributed by atoms with Crippen LogP contribution in [0.4, 0.5) is 13.2 Å². The van der Waals surface area contributed by atoms with Gasteiger partial charge in [0.1, 0.15) is 0 Å². The van der Waals surface area contributed by atoms with Crippen molar-refractivity contribution in [3.63, 3.8) is 0 Å². The predicted octanol–water partition coefficient (Wildman–Crippen LogP) is 3.58. The number of carbonyl (C=O) groups is 1. The fourth-order valence-corrected chi connectivity index (χ4v) is 3.50. The van der Waals surface area contributed by atoms with Crippen molar-refractivity contribution in [2.45, 2.75) is 50.1 Å². The number of carbonyl (C=O) groups excluding carboxylic acids is 1. The first-order valence-electron chi connectivity index (χ1n) is 6.89. The van der Waals surface area contributed by atoms with Gasteiger partial charge in [-0.05, 0) is 25.7 Å². The van der Waals surface area contributed by atoms with Crippen LogP contribution < -0.4 is 0 Å². The van der Waals surface area contributed by atoms with Gasteiger partial charge in [0.05, 0.1) is 11.3 Å². The maximum Gasteiger partial charge on any atom is 0.392 e. The van der Waals surface area contributed by atoms with Gasteiger partial charge in [0.2, 0.25) is 5.91 Å². The molecule has 2 nitrogen and oxygen atoms in total. The van der Waals surface area contributed by atoms with Crippen molar-refractivity contribution < 1.29 is 18.0 Å². The first-order valence-corrected chi connectivity index (χ1v) is 7.33. The third-order valence-electron chi connectivity index (χ3n) is 4.18. The van der Waals surface area contributed by atoms with Gasteiger partial charge in [-0.25, -0.2) is 0 Å². The molecular formula is C13H19ClF3NO. The Kier molecular flexibility index (Phi) is 4.64. The summed E-state index contributed by atoms with van der Waals surface area (Å²) in [5.41, 5.74) is 0. The first kappa shape index (κ1) is 14.9. The highest BCUT2D eigenvalue weighted by molar-refractivity contribution is 6.20. The summed E-state index contributed by atoms with van der Waals surface area (Å²) in [6.07, 6.45) is -0.948. The Labute approximate surface area is 116 Å². The van der Waals surface area contributed by atoms with E-state index in [1.54, 1.807) is 0 Å². The van der Waals surface area contributed by atoms with Crippen LogP contribution >= 0.6 is 11.6 Å². The number of hydrogen-bond acceptors (Lipinski definition) is 1. The van der Waals surface area contributed by atoms with Crippen molar-refractivity contribution in [3.8, 4) is 0 Å². The molecule has 0 N–H and O–H groups in total. The second-order valence-corrected chi connectivity index (χ2v) is 6.18. The van der Waals surface area contributed by atoms with Crippen LogP contribution in [0.25, 0.3) is 0 Å². The van der Waals surface area contributed by atoms with Crippen molar-refractivity contribution in [1.82, 2.24) is 4.90 Å². The summed E-state index contributed by atoms with van der Waals surface area (Å²) < 4.78 is 39.0. The lowest BCUT2D eigenvalue weighted by Gasteiger charge is -2.38. The van der Waals surface area contributed by atoms with Crippen LogP contribution in [0.1, 0.15) is 38.5 Å². The predicted molar refractivity (Wildman–Crippen MR) is 67.0 cm³/mol. The van der Waals surface area contributed by atoms with E-state index in [4.69, 9.17) is 11.6 Å². The van der Waals surface area contributed by atoms with Gasteiger partial charge in [-0.1, -0.05) is 12.8 Å². The van der Waals surface area contributed by atoms with E-state index in [0.29, 0.717) is 32.4 Å². The number of amides is 1. The normalized spacial score (nSPS) is 33.3. The molecule has 2 rings (SSSR count). The quantitative estimate of drug-likeness (QED) is 0.677. The summed E-state index contributed by atoms with van der Waals surface area (Å²) in [7, 11) is 0. The van der Waals surface area contributed by atoms with Crippen molar-refractivity contribution in [2.75, 3.05) is 13.1 Å². The van der Waals surface area contributed by atoms with E-state index in [9.17, 15) is 18.0 Å². The molecule has 0 aromatic carbocycles. The molecular weight excluding hydrogens is 279 g/mol. The van der Waals surface area contributed by atoms with Crippen molar-refractivity contribution in [2.24, 2.45) is 11.8 Å². The van der Waals surface area contributed by atoms with Crippen LogP contribution in [0, 0.1) is 11.8 Å². The maximum absolute atomic E-state index is 13.0. The second-order valence-electron chi connectivity index (χ2n) is 5.56. The molecule has 0 spiro atoms. The van der Waals surface area contributed by atoms with E-state index in [-0.39, 0.29) is 17.7 Å². The summed E-state index contributed by atoms with van der Waals surface area (Å²) >= 11 is 6.00. The van der Waals surface area contributed by atoms with Crippen LogP contribution in [0.5, 0.6) is 0 Å². The first-order chi connectivity index (χ1) is 8.89. The Hall–Kier alpha value is -0.450. The summed E-state index contributed by atoms with van der Waals surface area (Å²) in [4.78, 5) is 13.9. The Morgan fingerprint density at radius 2 is 1.79 bits per heavy atom. The summed E-state index contributed by atoms with van der Waals surface area (Å²) in [5.74, 6) is -2.70. The zero-order valence-electron chi connectivity index (χ0n) is 10.8. The lowest BCUT2D eigenvalue weighted by atomic mass is 9.77. The number of likely N-dealkylation sites (tertiary alicyclic amines) is 1. The number of halogens is 4. The minimum atomic E-state index is -4.27. The third kappa shape index (κ3) is 3.56. The molecule has 1 amide bonds. The Balaban J connectivity index is 2.07. The molecule has 0 bridgehead atoms. The molecule has 2 aliphatic rings. The number of nitrogens with zero attached hydrogens (tertiary/aromatic N) is 1. The highest BCUT2D eigenvalue weighted by Crippen LogP contribution is 2.42. The van der Waals surface area contributed by atoms with E-state index in [1.165, 1.54) is 4.90 Å². The molecule has 110 valence electrons. The van der Waals surface area contributed by atoms with Gasteiger partial charge in [-0.2, -0.15) is 13.2 Å². The van der Waals surface area contributed by atoms with Gasteiger partial charge in [-0.15, -0.1) is 11.6 Å². The van der Waals surface area contributed by atoms with Crippen molar-refractivity contribution in [1.29, 1.82) is 0 Å². The van der Waals surface area contributed by atoms with Gasteiger partial charge < -0.3 is 4.90 Å². The smallest absolute Gasteiger partial charge is 0.341 e. The minimum Gasteiger partial charge on any atom is -0.341 e. The molecule has 1 heterocycles. The lowest BCUT2D eigenvalue weighted by molar-refractivity contribution is -0.201. The van der Waals surface area contributed by atoms with E-state index < -0.39 is 18.0 Å². The molecule has 1 aliphatic carbocycles. The second kappa shape index (κ2) is 5.90. The van der Waals surface area contributed by atoms with E-state index in [1.807, 2.05) is 0 Å². The Morgan fingerprint density at radius 3 is 2.42 bits per heavy atom. The van der Waals surface area contributed by atoms with E-state index in [2.05, 4.69) is 0 Å². The molecule has 6 heteroatoms.